The highest BCUT2D eigenvalue weighted by Gasteiger charge is 2.32. The lowest BCUT2D eigenvalue weighted by molar-refractivity contribution is 0.169. The first-order valence-electron chi connectivity index (χ1n) is 8.12. The summed E-state index contributed by atoms with van der Waals surface area (Å²) in [6.45, 7) is 7.06. The number of nitrogens with zero attached hydrogens (tertiary/aromatic N) is 2. The minimum atomic E-state index is 0.00699. The molecule has 0 aromatic carbocycles. The van der Waals surface area contributed by atoms with E-state index < -0.39 is 0 Å². The molecule has 2 fully saturated rings. The number of aliphatic hydroxyl groups is 1. The average Bonchev–Trinajstić information content (AvgIpc) is 3.30. The molecule has 0 aromatic heterocycles. The van der Waals surface area contributed by atoms with Gasteiger partial charge in [0.25, 0.3) is 0 Å². The van der Waals surface area contributed by atoms with Crippen LogP contribution >= 0.6 is 0 Å². The second-order valence-electron chi connectivity index (χ2n) is 6.05. The van der Waals surface area contributed by atoms with Gasteiger partial charge in [-0.15, -0.1) is 0 Å². The summed E-state index contributed by atoms with van der Waals surface area (Å²) in [5.74, 6) is 0.755. The lowest BCUT2D eigenvalue weighted by Crippen LogP contribution is -2.43. The first-order valence-corrected chi connectivity index (χ1v) is 8.12. The van der Waals surface area contributed by atoms with Gasteiger partial charge in [0.05, 0.1) is 6.61 Å². The molecular weight excluding hydrogens is 254 g/mol. The Balaban J connectivity index is 1.61. The van der Waals surface area contributed by atoms with Crippen molar-refractivity contribution in [1.29, 1.82) is 0 Å². The van der Waals surface area contributed by atoms with Gasteiger partial charge in [0.1, 0.15) is 0 Å². The minimum Gasteiger partial charge on any atom is -0.395 e. The van der Waals surface area contributed by atoms with Crippen molar-refractivity contribution in [3.05, 3.63) is 0 Å². The number of amides is 2. The van der Waals surface area contributed by atoms with Gasteiger partial charge in [-0.2, -0.15) is 0 Å². The molecule has 20 heavy (non-hydrogen) atoms. The summed E-state index contributed by atoms with van der Waals surface area (Å²) in [6.07, 6.45) is 5.77. The normalized spacial score (nSPS) is 20.9. The second-order valence-corrected chi connectivity index (χ2v) is 6.05. The van der Waals surface area contributed by atoms with E-state index in [2.05, 4.69) is 17.1 Å². The van der Waals surface area contributed by atoms with Crippen molar-refractivity contribution in [3.8, 4) is 0 Å². The molecule has 1 saturated heterocycles. The Kier molecular flexibility index (Phi) is 6.10. The third-order valence-corrected chi connectivity index (χ3v) is 4.57. The number of nitrogens with one attached hydrogen (secondary N) is 1. The van der Waals surface area contributed by atoms with Crippen LogP contribution < -0.4 is 5.32 Å². The maximum absolute atomic E-state index is 12.1. The Labute approximate surface area is 122 Å². The van der Waals surface area contributed by atoms with E-state index >= 15 is 0 Å². The molecule has 2 N–H and O–H groups in total. The molecule has 1 heterocycles. The van der Waals surface area contributed by atoms with Gasteiger partial charge in [0.15, 0.2) is 0 Å². The number of carbonyl (C=O) groups is 1. The van der Waals surface area contributed by atoms with Gasteiger partial charge in [0, 0.05) is 19.1 Å². The van der Waals surface area contributed by atoms with Crippen LogP contribution in [0.25, 0.3) is 0 Å². The van der Waals surface area contributed by atoms with Gasteiger partial charge in [-0.1, -0.05) is 6.92 Å². The zero-order chi connectivity index (χ0) is 14.4. The zero-order valence-electron chi connectivity index (χ0n) is 12.7. The van der Waals surface area contributed by atoms with Crippen molar-refractivity contribution in [2.24, 2.45) is 5.92 Å². The molecular formula is C15H29N3O2. The van der Waals surface area contributed by atoms with Crippen molar-refractivity contribution in [1.82, 2.24) is 15.1 Å². The Morgan fingerprint density at radius 2 is 2.00 bits per heavy atom. The molecule has 5 nitrogen and oxygen atoms in total. The Hall–Kier alpha value is -0.810. The third kappa shape index (κ3) is 4.63. The van der Waals surface area contributed by atoms with Gasteiger partial charge >= 0.3 is 6.03 Å². The number of carbonyl (C=O) groups excluding carboxylic acids is 1. The summed E-state index contributed by atoms with van der Waals surface area (Å²) in [5.41, 5.74) is 0. The van der Waals surface area contributed by atoms with Crippen LogP contribution in [0.2, 0.25) is 0 Å². The van der Waals surface area contributed by atoms with Crippen molar-refractivity contribution in [2.45, 2.75) is 45.1 Å². The molecule has 0 spiro atoms. The van der Waals surface area contributed by atoms with Crippen LogP contribution in [0.4, 0.5) is 4.79 Å². The summed E-state index contributed by atoms with van der Waals surface area (Å²) in [5, 5.41) is 12.0. The zero-order valence-corrected chi connectivity index (χ0v) is 12.7. The third-order valence-electron chi connectivity index (χ3n) is 4.57. The largest absolute Gasteiger partial charge is 0.395 e. The van der Waals surface area contributed by atoms with E-state index in [0.717, 1.165) is 38.3 Å². The van der Waals surface area contributed by atoms with Crippen LogP contribution in [0.5, 0.6) is 0 Å². The summed E-state index contributed by atoms with van der Waals surface area (Å²) in [7, 11) is 0. The summed E-state index contributed by atoms with van der Waals surface area (Å²) >= 11 is 0. The topological polar surface area (TPSA) is 55.8 Å². The van der Waals surface area contributed by atoms with Gasteiger partial charge in [-0.25, -0.2) is 4.79 Å². The average molecular weight is 283 g/mol. The Morgan fingerprint density at radius 1 is 1.30 bits per heavy atom. The first kappa shape index (κ1) is 15.6. The van der Waals surface area contributed by atoms with E-state index in [1.54, 1.807) is 4.90 Å². The summed E-state index contributed by atoms with van der Waals surface area (Å²) < 4.78 is 0. The van der Waals surface area contributed by atoms with Crippen LogP contribution in [-0.4, -0.2) is 66.3 Å². The van der Waals surface area contributed by atoms with Gasteiger partial charge in [0.2, 0.25) is 0 Å². The number of aliphatic hydroxyl groups excluding tert-OH is 1. The van der Waals surface area contributed by atoms with Crippen molar-refractivity contribution in [2.75, 3.05) is 39.3 Å². The van der Waals surface area contributed by atoms with Gasteiger partial charge in [-0.05, 0) is 57.7 Å². The molecule has 1 saturated carbocycles. The van der Waals surface area contributed by atoms with Gasteiger partial charge in [-0.3, -0.25) is 0 Å². The fraction of sp³-hybridized carbons (Fsp3) is 0.933. The number of piperidine rings is 1. The predicted octanol–water partition coefficient (Wildman–Crippen LogP) is 1.27. The van der Waals surface area contributed by atoms with E-state index in [0.29, 0.717) is 12.6 Å². The highest BCUT2D eigenvalue weighted by molar-refractivity contribution is 5.74. The standard InChI is InChI=1S/C15H29N3O2/c1-2-17-9-6-13(7-10-17)5-8-16-15(20)18(11-12-19)14-3-4-14/h13-14,19H,2-12H2,1H3,(H,16,20). The molecule has 0 atom stereocenters. The molecule has 2 aliphatic rings. The fourth-order valence-electron chi connectivity index (χ4n) is 3.02. The van der Waals surface area contributed by atoms with E-state index in [1.165, 1.54) is 25.9 Å². The molecule has 1 aliphatic carbocycles. The highest BCUT2D eigenvalue weighted by atomic mass is 16.3. The smallest absolute Gasteiger partial charge is 0.317 e. The highest BCUT2D eigenvalue weighted by Crippen LogP contribution is 2.26. The molecule has 0 unspecified atom stereocenters. The van der Waals surface area contributed by atoms with Gasteiger partial charge < -0.3 is 20.2 Å². The summed E-state index contributed by atoms with van der Waals surface area (Å²) in [4.78, 5) is 16.3. The molecule has 116 valence electrons. The maximum Gasteiger partial charge on any atom is 0.317 e. The molecule has 0 bridgehead atoms. The fourth-order valence-corrected chi connectivity index (χ4v) is 3.02. The van der Waals surface area contributed by atoms with Crippen LogP contribution in [-0.2, 0) is 0 Å². The molecule has 2 rings (SSSR count). The summed E-state index contributed by atoms with van der Waals surface area (Å²) in [6, 6.07) is 0.377. The number of urea groups is 1. The minimum absolute atomic E-state index is 0.00699. The lowest BCUT2D eigenvalue weighted by Gasteiger charge is -2.31. The second kappa shape index (κ2) is 7.84. The van der Waals surface area contributed by atoms with Crippen LogP contribution in [0, 0.1) is 5.92 Å². The number of rotatable bonds is 7. The van der Waals surface area contributed by atoms with E-state index in [1.807, 2.05) is 0 Å². The number of hydrogen-bond donors (Lipinski definition) is 2. The monoisotopic (exact) mass is 283 g/mol. The molecule has 0 radical (unpaired) electrons. The van der Waals surface area contributed by atoms with Crippen LogP contribution in [0.15, 0.2) is 0 Å². The van der Waals surface area contributed by atoms with E-state index in [4.69, 9.17) is 5.11 Å². The Bertz CT molecular complexity index is 299. The van der Waals surface area contributed by atoms with Crippen LogP contribution in [0.3, 0.4) is 0 Å². The lowest BCUT2D eigenvalue weighted by atomic mass is 9.93. The quantitative estimate of drug-likeness (QED) is 0.740. The van der Waals surface area contributed by atoms with Crippen molar-refractivity contribution in [3.63, 3.8) is 0 Å². The maximum atomic E-state index is 12.1. The molecule has 1 aliphatic heterocycles. The molecule has 0 aromatic rings. The number of likely N-dealkylation sites (tertiary alicyclic amines) is 1. The van der Waals surface area contributed by atoms with E-state index in [-0.39, 0.29) is 12.6 Å². The predicted molar refractivity (Wildman–Crippen MR) is 79.7 cm³/mol. The van der Waals surface area contributed by atoms with Crippen molar-refractivity contribution < 1.29 is 9.90 Å². The number of hydrogen-bond acceptors (Lipinski definition) is 3. The molecule has 5 heteroatoms. The SMILES string of the molecule is CCN1CCC(CCNC(=O)N(CCO)C2CC2)CC1. The van der Waals surface area contributed by atoms with Crippen molar-refractivity contribution >= 4 is 6.03 Å². The Morgan fingerprint density at radius 3 is 2.55 bits per heavy atom. The van der Waals surface area contributed by atoms with Crippen LogP contribution in [0.1, 0.15) is 39.0 Å². The first-order chi connectivity index (χ1) is 9.74. The molecule has 2 amide bonds. The van der Waals surface area contributed by atoms with E-state index in [9.17, 15) is 4.79 Å².